The van der Waals surface area contributed by atoms with Gasteiger partial charge in [0.05, 0.1) is 0 Å². The second-order valence-corrected chi connectivity index (χ2v) is 7.73. The predicted molar refractivity (Wildman–Crippen MR) is 86.0 cm³/mol. The summed E-state index contributed by atoms with van der Waals surface area (Å²) < 4.78 is 0. The van der Waals surface area contributed by atoms with E-state index in [0.29, 0.717) is 0 Å². The Morgan fingerprint density at radius 1 is 0.800 bits per heavy atom. The lowest BCUT2D eigenvalue weighted by atomic mass is 9.84. The van der Waals surface area contributed by atoms with Crippen LogP contribution in [0, 0.1) is 11.8 Å². The van der Waals surface area contributed by atoms with E-state index in [1.165, 1.54) is 90.5 Å². The Morgan fingerprint density at radius 3 is 2.10 bits per heavy atom. The van der Waals surface area contributed by atoms with Gasteiger partial charge in [-0.3, -0.25) is 0 Å². The summed E-state index contributed by atoms with van der Waals surface area (Å²) in [5.41, 5.74) is 0. The maximum atomic E-state index is 2.83. The van der Waals surface area contributed by atoms with Gasteiger partial charge >= 0.3 is 0 Å². The van der Waals surface area contributed by atoms with Crippen LogP contribution in [0.1, 0.15) is 64.7 Å². The minimum absolute atomic E-state index is 0.936. The highest BCUT2D eigenvalue weighted by atomic mass is 15.2. The van der Waals surface area contributed by atoms with Crippen LogP contribution < -0.4 is 0 Å². The minimum Gasteiger partial charge on any atom is -0.303 e. The van der Waals surface area contributed by atoms with Crippen LogP contribution >= 0.6 is 0 Å². The van der Waals surface area contributed by atoms with E-state index in [4.69, 9.17) is 0 Å². The zero-order valence-electron chi connectivity index (χ0n) is 13.5. The van der Waals surface area contributed by atoms with E-state index >= 15 is 0 Å². The van der Waals surface area contributed by atoms with Gasteiger partial charge in [-0.05, 0) is 102 Å². The first-order valence-electron chi connectivity index (χ1n) is 9.27. The Kier molecular flexibility index (Phi) is 5.39. The normalized spacial score (nSPS) is 34.6. The molecule has 20 heavy (non-hydrogen) atoms. The first-order valence-corrected chi connectivity index (χ1v) is 9.27. The van der Waals surface area contributed by atoms with Gasteiger partial charge in [-0.25, -0.2) is 0 Å². The zero-order chi connectivity index (χ0) is 13.8. The Balaban J connectivity index is 1.34. The van der Waals surface area contributed by atoms with Crippen LogP contribution in [0.3, 0.4) is 0 Å². The van der Waals surface area contributed by atoms with Crippen molar-refractivity contribution in [3.63, 3.8) is 0 Å². The van der Waals surface area contributed by atoms with Gasteiger partial charge in [0.2, 0.25) is 0 Å². The molecule has 0 N–H and O–H groups in total. The molecule has 2 heteroatoms. The minimum atomic E-state index is 0.936. The summed E-state index contributed by atoms with van der Waals surface area (Å²) in [6.07, 6.45) is 13.2. The number of hydrogen-bond acceptors (Lipinski definition) is 2. The molecular formula is C18H34N2. The highest BCUT2D eigenvalue weighted by molar-refractivity contribution is 4.82. The van der Waals surface area contributed by atoms with E-state index in [0.717, 1.165) is 17.9 Å². The van der Waals surface area contributed by atoms with Crippen LogP contribution in [-0.2, 0) is 0 Å². The zero-order valence-corrected chi connectivity index (χ0v) is 13.5. The molecule has 2 heterocycles. The molecule has 0 aromatic heterocycles. The van der Waals surface area contributed by atoms with E-state index in [9.17, 15) is 0 Å². The quantitative estimate of drug-likeness (QED) is 0.772. The molecule has 0 bridgehead atoms. The predicted octanol–water partition coefficient (Wildman–Crippen LogP) is 3.76. The first kappa shape index (κ1) is 14.8. The number of hydrogen-bond donors (Lipinski definition) is 0. The Bertz CT molecular complexity index is 269. The molecule has 0 unspecified atom stereocenters. The molecule has 1 aliphatic carbocycles. The van der Waals surface area contributed by atoms with E-state index in [1.807, 2.05) is 0 Å². The van der Waals surface area contributed by atoms with Crippen molar-refractivity contribution in [3.8, 4) is 0 Å². The molecule has 1 saturated carbocycles. The second kappa shape index (κ2) is 7.26. The van der Waals surface area contributed by atoms with Crippen molar-refractivity contribution in [2.45, 2.75) is 70.8 Å². The van der Waals surface area contributed by atoms with Gasteiger partial charge in [0.15, 0.2) is 0 Å². The van der Waals surface area contributed by atoms with Crippen LogP contribution in [0.25, 0.3) is 0 Å². The van der Waals surface area contributed by atoms with Gasteiger partial charge in [-0.1, -0.05) is 6.92 Å². The molecular weight excluding hydrogens is 244 g/mol. The van der Waals surface area contributed by atoms with Gasteiger partial charge in [0, 0.05) is 6.04 Å². The number of rotatable bonds is 4. The molecule has 2 saturated heterocycles. The molecule has 2 nitrogen and oxygen atoms in total. The number of nitrogens with zero attached hydrogens (tertiary/aromatic N) is 2. The Labute approximate surface area is 125 Å². The van der Waals surface area contributed by atoms with Crippen molar-refractivity contribution >= 4 is 0 Å². The average Bonchev–Trinajstić information content (AvgIpc) is 3.00. The third-order valence-corrected chi connectivity index (χ3v) is 6.20. The van der Waals surface area contributed by atoms with Crippen LogP contribution in [0.2, 0.25) is 0 Å². The fourth-order valence-electron chi connectivity index (χ4n) is 4.59. The molecule has 0 aromatic carbocycles. The topological polar surface area (TPSA) is 6.48 Å². The van der Waals surface area contributed by atoms with E-state index in [-0.39, 0.29) is 0 Å². The third kappa shape index (κ3) is 3.98. The largest absolute Gasteiger partial charge is 0.303 e. The van der Waals surface area contributed by atoms with Crippen LogP contribution in [0.4, 0.5) is 0 Å². The molecule has 0 amide bonds. The van der Waals surface area contributed by atoms with Crippen molar-refractivity contribution < 1.29 is 0 Å². The first-order chi connectivity index (χ1) is 9.81. The van der Waals surface area contributed by atoms with Gasteiger partial charge in [0.25, 0.3) is 0 Å². The summed E-state index contributed by atoms with van der Waals surface area (Å²) in [4.78, 5) is 5.52. The summed E-state index contributed by atoms with van der Waals surface area (Å²) in [6.45, 7) is 9.35. The lowest BCUT2D eigenvalue weighted by Crippen LogP contribution is -2.43. The second-order valence-electron chi connectivity index (χ2n) is 7.73. The van der Waals surface area contributed by atoms with Gasteiger partial charge in [-0.15, -0.1) is 0 Å². The van der Waals surface area contributed by atoms with E-state index < -0.39 is 0 Å². The van der Waals surface area contributed by atoms with E-state index in [1.54, 1.807) is 0 Å². The van der Waals surface area contributed by atoms with Crippen molar-refractivity contribution in [1.29, 1.82) is 0 Å². The Hall–Kier alpha value is -0.0800. The van der Waals surface area contributed by atoms with Crippen LogP contribution in [0.5, 0.6) is 0 Å². The smallest absolute Gasteiger partial charge is 0.00954 e. The summed E-state index contributed by atoms with van der Waals surface area (Å²) >= 11 is 0. The lowest BCUT2D eigenvalue weighted by Gasteiger charge is -2.40. The van der Waals surface area contributed by atoms with Crippen molar-refractivity contribution in [3.05, 3.63) is 0 Å². The van der Waals surface area contributed by atoms with Crippen molar-refractivity contribution in [2.24, 2.45) is 11.8 Å². The highest BCUT2D eigenvalue weighted by Gasteiger charge is 2.27. The molecule has 3 rings (SSSR count). The number of likely N-dealkylation sites (tertiary alicyclic amines) is 2. The van der Waals surface area contributed by atoms with Crippen molar-refractivity contribution in [2.75, 3.05) is 32.7 Å². The van der Waals surface area contributed by atoms with Crippen LogP contribution in [0.15, 0.2) is 0 Å². The summed E-state index contributed by atoms with van der Waals surface area (Å²) in [5.74, 6) is 2.01. The number of piperidine rings is 1. The summed E-state index contributed by atoms with van der Waals surface area (Å²) in [7, 11) is 0. The van der Waals surface area contributed by atoms with Gasteiger partial charge in [-0.2, -0.15) is 0 Å². The summed E-state index contributed by atoms with van der Waals surface area (Å²) in [5, 5.41) is 0. The molecule has 0 spiro atoms. The van der Waals surface area contributed by atoms with Gasteiger partial charge < -0.3 is 9.80 Å². The molecule has 0 radical (unpaired) electrons. The molecule has 2 aliphatic heterocycles. The monoisotopic (exact) mass is 278 g/mol. The molecule has 116 valence electrons. The fraction of sp³-hybridized carbons (Fsp3) is 1.00. The van der Waals surface area contributed by atoms with Crippen LogP contribution in [-0.4, -0.2) is 48.6 Å². The molecule has 3 aliphatic rings. The standard InChI is InChI=1S/C18H34N2/c1-16-4-6-18(7-5-16)20-14-9-17(10-15-20)8-13-19-11-2-3-12-19/h16-18H,2-15H2,1H3. The van der Waals surface area contributed by atoms with E-state index in [2.05, 4.69) is 16.7 Å². The molecule has 0 atom stereocenters. The molecule has 3 fully saturated rings. The fourth-order valence-corrected chi connectivity index (χ4v) is 4.59. The lowest BCUT2D eigenvalue weighted by molar-refractivity contribution is 0.0918. The average molecular weight is 278 g/mol. The maximum Gasteiger partial charge on any atom is 0.00954 e. The SMILES string of the molecule is CC1CCC(N2CCC(CCN3CCCC3)CC2)CC1. The summed E-state index contributed by atoms with van der Waals surface area (Å²) in [6, 6.07) is 0.936. The highest BCUT2D eigenvalue weighted by Crippen LogP contribution is 2.30. The molecule has 0 aromatic rings. The third-order valence-electron chi connectivity index (χ3n) is 6.20. The maximum absolute atomic E-state index is 2.83. The van der Waals surface area contributed by atoms with Crippen molar-refractivity contribution in [1.82, 2.24) is 9.80 Å². The van der Waals surface area contributed by atoms with Gasteiger partial charge in [0.1, 0.15) is 0 Å². The Morgan fingerprint density at radius 2 is 1.45 bits per heavy atom.